The van der Waals surface area contributed by atoms with Crippen LogP contribution in [-0.4, -0.2) is 31.2 Å². The van der Waals surface area contributed by atoms with E-state index in [9.17, 15) is 17.9 Å². The lowest BCUT2D eigenvalue weighted by molar-refractivity contribution is 0.102. The van der Waals surface area contributed by atoms with Gasteiger partial charge in [-0.05, 0) is 31.2 Å². The molecule has 1 fully saturated rings. The summed E-state index contributed by atoms with van der Waals surface area (Å²) in [5, 5.41) is 9.53. The van der Waals surface area contributed by atoms with E-state index < -0.39 is 15.8 Å². The van der Waals surface area contributed by atoms with Crippen molar-refractivity contribution in [1.29, 1.82) is 0 Å². The van der Waals surface area contributed by atoms with Crippen molar-refractivity contribution < 1.29 is 17.9 Å². The number of pyridine rings is 1. The van der Waals surface area contributed by atoms with E-state index in [0.717, 1.165) is 37.7 Å². The van der Waals surface area contributed by atoms with Crippen LogP contribution >= 0.6 is 0 Å². The normalized spacial score (nSPS) is 24.3. The fraction of sp³-hybridized carbons (Fsp3) is 0.583. The van der Waals surface area contributed by atoms with Crippen LogP contribution in [0.2, 0.25) is 0 Å². The second kappa shape index (κ2) is 5.94. The molecule has 1 aromatic heterocycles. The van der Waals surface area contributed by atoms with E-state index in [1.54, 1.807) is 0 Å². The number of nitrogens with one attached hydrogen (secondary N) is 1. The largest absolute Gasteiger partial charge is 0.393 e. The highest BCUT2D eigenvalue weighted by atomic mass is 32.2. The molecule has 1 heterocycles. The predicted molar refractivity (Wildman–Crippen MR) is 67.3 cm³/mol. The van der Waals surface area contributed by atoms with E-state index in [1.807, 2.05) is 0 Å². The van der Waals surface area contributed by atoms with Crippen molar-refractivity contribution in [2.75, 3.05) is 6.54 Å². The van der Waals surface area contributed by atoms with Gasteiger partial charge in [0.25, 0.3) is 0 Å². The number of rotatable bonds is 4. The molecule has 1 aromatic rings. The molecule has 1 aliphatic rings. The molecule has 0 aliphatic heterocycles. The quantitative estimate of drug-likeness (QED) is 0.868. The maximum Gasteiger partial charge on any atom is 0.242 e. The molecule has 0 radical (unpaired) electrons. The molecule has 0 amide bonds. The maximum absolute atomic E-state index is 13.0. The molecule has 0 spiro atoms. The molecule has 2 unspecified atom stereocenters. The summed E-state index contributed by atoms with van der Waals surface area (Å²) in [6.45, 7) is 0.260. The van der Waals surface area contributed by atoms with Gasteiger partial charge in [0.2, 0.25) is 10.0 Å². The second-order valence-electron chi connectivity index (χ2n) is 4.88. The molecular weight excluding hydrogens is 271 g/mol. The SMILES string of the molecule is O=S(=O)(NCC1CCCC(O)C1)c1cncc(F)c1. The van der Waals surface area contributed by atoms with Crippen LogP contribution in [0.15, 0.2) is 23.4 Å². The Morgan fingerprint density at radius 3 is 2.89 bits per heavy atom. The Morgan fingerprint density at radius 1 is 1.42 bits per heavy atom. The van der Waals surface area contributed by atoms with Crippen LogP contribution in [0.25, 0.3) is 0 Å². The molecule has 5 nitrogen and oxygen atoms in total. The Morgan fingerprint density at radius 2 is 2.21 bits per heavy atom. The van der Waals surface area contributed by atoms with Crippen molar-refractivity contribution >= 4 is 10.0 Å². The molecule has 2 rings (SSSR count). The molecule has 0 saturated heterocycles. The molecule has 2 atom stereocenters. The van der Waals surface area contributed by atoms with Crippen LogP contribution < -0.4 is 4.72 Å². The minimum atomic E-state index is -3.73. The van der Waals surface area contributed by atoms with Crippen molar-refractivity contribution in [2.45, 2.75) is 36.7 Å². The van der Waals surface area contributed by atoms with Crippen LogP contribution in [0.1, 0.15) is 25.7 Å². The number of aromatic nitrogens is 1. The number of hydrogen-bond donors (Lipinski definition) is 2. The third kappa shape index (κ3) is 3.95. The average Bonchev–Trinajstić information content (AvgIpc) is 2.37. The molecule has 0 bridgehead atoms. The molecule has 0 aromatic carbocycles. The highest BCUT2D eigenvalue weighted by Gasteiger charge is 2.23. The summed E-state index contributed by atoms with van der Waals surface area (Å²) in [7, 11) is -3.73. The van der Waals surface area contributed by atoms with E-state index in [1.165, 1.54) is 0 Å². The third-order valence-corrected chi connectivity index (χ3v) is 4.70. The van der Waals surface area contributed by atoms with Gasteiger partial charge in [-0.3, -0.25) is 4.98 Å². The molecule has 19 heavy (non-hydrogen) atoms. The number of aliphatic hydroxyl groups is 1. The number of sulfonamides is 1. The molecule has 2 N–H and O–H groups in total. The fourth-order valence-corrected chi connectivity index (χ4v) is 3.39. The summed E-state index contributed by atoms with van der Waals surface area (Å²) in [6.07, 6.45) is 4.88. The predicted octanol–water partition coefficient (Wildman–Crippen LogP) is 1.05. The first-order valence-electron chi connectivity index (χ1n) is 6.25. The van der Waals surface area contributed by atoms with Crippen molar-refractivity contribution in [3.63, 3.8) is 0 Å². The van der Waals surface area contributed by atoms with E-state index in [2.05, 4.69) is 9.71 Å². The van der Waals surface area contributed by atoms with Gasteiger partial charge in [-0.25, -0.2) is 17.5 Å². The first-order valence-corrected chi connectivity index (χ1v) is 7.74. The van der Waals surface area contributed by atoms with Crippen LogP contribution in [0.3, 0.4) is 0 Å². The topological polar surface area (TPSA) is 79.3 Å². The number of nitrogens with zero attached hydrogens (tertiary/aromatic N) is 1. The lowest BCUT2D eigenvalue weighted by Crippen LogP contribution is -2.33. The van der Waals surface area contributed by atoms with Gasteiger partial charge in [-0.15, -0.1) is 0 Å². The highest BCUT2D eigenvalue weighted by molar-refractivity contribution is 7.89. The van der Waals surface area contributed by atoms with Gasteiger partial charge >= 0.3 is 0 Å². The Bertz CT molecular complexity index is 536. The molecule has 1 saturated carbocycles. The molecule has 1 aliphatic carbocycles. The molecule has 7 heteroatoms. The lowest BCUT2D eigenvalue weighted by Gasteiger charge is -2.25. The third-order valence-electron chi connectivity index (χ3n) is 3.31. The summed E-state index contributed by atoms with van der Waals surface area (Å²) >= 11 is 0. The van der Waals surface area contributed by atoms with Crippen molar-refractivity contribution in [3.05, 3.63) is 24.3 Å². The van der Waals surface area contributed by atoms with Gasteiger partial charge < -0.3 is 5.11 Å². The smallest absolute Gasteiger partial charge is 0.242 e. The Kier molecular flexibility index (Phi) is 4.49. The van der Waals surface area contributed by atoms with Gasteiger partial charge in [-0.1, -0.05) is 6.42 Å². The van der Waals surface area contributed by atoms with Crippen molar-refractivity contribution in [2.24, 2.45) is 5.92 Å². The van der Waals surface area contributed by atoms with E-state index in [-0.39, 0.29) is 23.5 Å². The fourth-order valence-electron chi connectivity index (χ4n) is 2.30. The summed E-state index contributed by atoms with van der Waals surface area (Å²) in [5.74, 6) is -0.559. The Labute approximate surface area is 111 Å². The number of halogens is 1. The van der Waals surface area contributed by atoms with Crippen molar-refractivity contribution in [1.82, 2.24) is 9.71 Å². The zero-order valence-corrected chi connectivity index (χ0v) is 11.2. The van der Waals surface area contributed by atoms with Gasteiger partial charge in [-0.2, -0.15) is 0 Å². The minimum absolute atomic E-state index is 0.125. The van der Waals surface area contributed by atoms with E-state index in [4.69, 9.17) is 0 Å². The zero-order valence-electron chi connectivity index (χ0n) is 10.4. The van der Waals surface area contributed by atoms with Crippen molar-refractivity contribution in [3.8, 4) is 0 Å². The maximum atomic E-state index is 13.0. The van der Waals surface area contributed by atoms with Crippen LogP contribution in [0.4, 0.5) is 4.39 Å². The summed E-state index contributed by atoms with van der Waals surface area (Å²) in [6, 6.07) is 0.936. The molecular formula is C12H17FN2O3S. The average molecular weight is 288 g/mol. The standard InChI is InChI=1S/C12H17FN2O3S/c13-10-5-12(8-14-7-10)19(17,18)15-6-9-2-1-3-11(16)4-9/h5,7-9,11,15-16H,1-4,6H2. The van der Waals surface area contributed by atoms with Crippen LogP contribution in [0.5, 0.6) is 0 Å². The summed E-state index contributed by atoms with van der Waals surface area (Å²) in [5.41, 5.74) is 0. The van der Waals surface area contributed by atoms with Gasteiger partial charge in [0, 0.05) is 12.7 Å². The first kappa shape index (κ1) is 14.4. The van der Waals surface area contributed by atoms with Gasteiger partial charge in [0.1, 0.15) is 10.7 Å². The lowest BCUT2D eigenvalue weighted by atomic mass is 9.87. The van der Waals surface area contributed by atoms with Gasteiger partial charge in [0.15, 0.2) is 0 Å². The molecule has 106 valence electrons. The Hall–Kier alpha value is -1.05. The second-order valence-corrected chi connectivity index (χ2v) is 6.64. The first-order chi connectivity index (χ1) is 8.97. The van der Waals surface area contributed by atoms with Crippen LogP contribution in [-0.2, 0) is 10.0 Å². The summed E-state index contributed by atoms with van der Waals surface area (Å²) < 4.78 is 39.3. The van der Waals surface area contributed by atoms with Gasteiger partial charge in [0.05, 0.1) is 12.3 Å². The number of aliphatic hydroxyl groups excluding tert-OH is 1. The highest BCUT2D eigenvalue weighted by Crippen LogP contribution is 2.24. The zero-order chi connectivity index (χ0) is 13.9. The monoisotopic (exact) mass is 288 g/mol. The minimum Gasteiger partial charge on any atom is -0.393 e. The van der Waals surface area contributed by atoms with E-state index >= 15 is 0 Å². The van der Waals surface area contributed by atoms with E-state index in [0.29, 0.717) is 6.42 Å². The summed E-state index contributed by atoms with van der Waals surface area (Å²) in [4.78, 5) is 3.35. The van der Waals surface area contributed by atoms with Crippen LogP contribution in [0, 0.1) is 11.7 Å². The Balaban J connectivity index is 1.98. The number of hydrogen-bond acceptors (Lipinski definition) is 4.